The lowest BCUT2D eigenvalue weighted by Crippen LogP contribution is -2.26. The molecule has 1 aliphatic heterocycles. The Hall–Kier alpha value is 0.620. The highest BCUT2D eigenvalue weighted by atomic mass is 32.2. The van der Waals surface area contributed by atoms with Gasteiger partial charge in [0.2, 0.25) is 0 Å². The number of hydrogen-bond acceptors (Lipinski definition) is 4. The second-order valence-corrected chi connectivity index (χ2v) is 5.14. The molecule has 0 aromatic heterocycles. The summed E-state index contributed by atoms with van der Waals surface area (Å²) in [4.78, 5) is 0. The van der Waals surface area contributed by atoms with Gasteiger partial charge in [0.1, 0.15) is 4.08 Å². The minimum Gasteiger partial charge on any atom is -0.394 e. The van der Waals surface area contributed by atoms with E-state index in [1.807, 2.05) is 0 Å². The first kappa shape index (κ1) is 7.72. The van der Waals surface area contributed by atoms with Crippen molar-refractivity contribution in [1.82, 2.24) is 0 Å². The van der Waals surface area contributed by atoms with Gasteiger partial charge in [0.15, 0.2) is 0 Å². The van der Waals surface area contributed by atoms with Gasteiger partial charge >= 0.3 is 0 Å². The van der Waals surface area contributed by atoms with Crippen LogP contribution in [0.1, 0.15) is 0 Å². The highest BCUT2D eigenvalue weighted by Crippen LogP contribution is 2.42. The van der Waals surface area contributed by atoms with E-state index in [9.17, 15) is 0 Å². The first-order valence-corrected chi connectivity index (χ1v) is 4.80. The van der Waals surface area contributed by atoms with Gasteiger partial charge < -0.3 is 10.2 Å². The molecule has 1 rings (SSSR count). The molecule has 1 saturated heterocycles. The first-order valence-electron chi connectivity index (χ1n) is 2.83. The van der Waals surface area contributed by atoms with Gasteiger partial charge in [0.25, 0.3) is 0 Å². The van der Waals surface area contributed by atoms with Crippen LogP contribution in [0.15, 0.2) is 0 Å². The van der Waals surface area contributed by atoms with Crippen LogP contribution in [0.4, 0.5) is 0 Å². The fourth-order valence-corrected chi connectivity index (χ4v) is 3.34. The third-order valence-corrected chi connectivity index (χ3v) is 4.65. The van der Waals surface area contributed by atoms with Crippen LogP contribution in [0.5, 0.6) is 0 Å². The van der Waals surface area contributed by atoms with E-state index in [0.29, 0.717) is 0 Å². The monoisotopic (exact) mass is 166 g/mol. The van der Waals surface area contributed by atoms with Gasteiger partial charge in [-0.3, -0.25) is 0 Å². The summed E-state index contributed by atoms with van der Waals surface area (Å²) in [6.45, 7) is 0.164. The molecule has 54 valence electrons. The largest absolute Gasteiger partial charge is 0.394 e. The van der Waals surface area contributed by atoms with Gasteiger partial charge in [0.05, 0.1) is 13.2 Å². The van der Waals surface area contributed by atoms with Crippen molar-refractivity contribution in [3.8, 4) is 0 Å². The lowest BCUT2D eigenvalue weighted by atomic mass is 10.5. The Morgan fingerprint density at radius 1 is 1.11 bits per heavy atom. The van der Waals surface area contributed by atoms with Crippen LogP contribution >= 0.6 is 23.5 Å². The molecule has 0 saturated carbocycles. The standard InChI is InChI=1S/C5H10O2S2/c6-3-5(4-7)8-1-2-9-5/h6-7H,1-4H2. The molecule has 2 N–H and O–H groups in total. The Balaban J connectivity index is 2.45. The van der Waals surface area contributed by atoms with Gasteiger partial charge in [-0.05, 0) is 0 Å². The molecule has 4 heteroatoms. The minimum absolute atomic E-state index is 0.0822. The van der Waals surface area contributed by atoms with Crippen molar-refractivity contribution in [2.45, 2.75) is 4.08 Å². The molecular formula is C5H10O2S2. The Labute approximate surface area is 63.0 Å². The SMILES string of the molecule is OCC1(CO)SCCS1. The van der Waals surface area contributed by atoms with Crippen molar-refractivity contribution in [3.05, 3.63) is 0 Å². The lowest BCUT2D eigenvalue weighted by Gasteiger charge is -2.20. The number of aliphatic hydroxyl groups excluding tert-OH is 2. The van der Waals surface area contributed by atoms with Crippen LogP contribution in [0.25, 0.3) is 0 Å². The molecular weight excluding hydrogens is 156 g/mol. The second kappa shape index (κ2) is 3.14. The topological polar surface area (TPSA) is 40.5 Å². The molecule has 0 unspecified atom stereocenters. The van der Waals surface area contributed by atoms with Gasteiger partial charge in [-0.2, -0.15) is 0 Å². The van der Waals surface area contributed by atoms with Crippen molar-refractivity contribution in [2.24, 2.45) is 0 Å². The van der Waals surface area contributed by atoms with Crippen molar-refractivity contribution >= 4 is 23.5 Å². The maximum atomic E-state index is 8.81. The summed E-state index contributed by atoms with van der Waals surface area (Å²) in [5, 5.41) is 17.6. The highest BCUT2D eigenvalue weighted by molar-refractivity contribution is 8.21. The predicted octanol–water partition coefficient (Wildman–Crippen LogP) is 0.147. The molecule has 2 nitrogen and oxygen atoms in total. The molecule has 0 spiro atoms. The first-order chi connectivity index (χ1) is 4.33. The van der Waals surface area contributed by atoms with Crippen molar-refractivity contribution in [1.29, 1.82) is 0 Å². The van der Waals surface area contributed by atoms with Crippen LogP contribution in [0.3, 0.4) is 0 Å². The number of thioether (sulfide) groups is 2. The average Bonchev–Trinajstić information content (AvgIpc) is 2.36. The summed E-state index contributed by atoms with van der Waals surface area (Å²) >= 11 is 3.31. The van der Waals surface area contributed by atoms with E-state index in [1.165, 1.54) is 0 Å². The Morgan fingerprint density at radius 2 is 1.56 bits per heavy atom. The summed E-state index contributed by atoms with van der Waals surface area (Å²) in [7, 11) is 0. The third kappa shape index (κ3) is 1.55. The molecule has 1 heterocycles. The molecule has 0 aliphatic carbocycles. The van der Waals surface area contributed by atoms with Crippen LogP contribution in [0.2, 0.25) is 0 Å². The van der Waals surface area contributed by atoms with E-state index in [1.54, 1.807) is 23.5 Å². The molecule has 0 amide bonds. The van der Waals surface area contributed by atoms with Gasteiger partial charge in [-0.1, -0.05) is 0 Å². The summed E-state index contributed by atoms with van der Waals surface area (Å²) in [5.74, 6) is 2.09. The van der Waals surface area contributed by atoms with Gasteiger partial charge in [0, 0.05) is 11.5 Å². The number of hydrogen-bond donors (Lipinski definition) is 2. The molecule has 1 fully saturated rings. The zero-order chi connectivity index (χ0) is 6.74. The molecule has 0 radical (unpaired) electrons. The fourth-order valence-electron chi connectivity index (χ4n) is 0.730. The fraction of sp³-hybridized carbons (Fsp3) is 1.00. The highest BCUT2D eigenvalue weighted by Gasteiger charge is 2.33. The van der Waals surface area contributed by atoms with Crippen molar-refractivity contribution in [3.63, 3.8) is 0 Å². The normalized spacial score (nSPS) is 24.7. The summed E-state index contributed by atoms with van der Waals surface area (Å²) in [5.41, 5.74) is 0. The van der Waals surface area contributed by atoms with E-state index in [4.69, 9.17) is 10.2 Å². The Morgan fingerprint density at radius 3 is 1.78 bits per heavy atom. The lowest BCUT2D eigenvalue weighted by molar-refractivity contribution is 0.216. The maximum absolute atomic E-state index is 8.81. The summed E-state index contributed by atoms with van der Waals surface area (Å²) < 4.78 is -0.278. The van der Waals surface area contributed by atoms with Crippen LogP contribution in [-0.2, 0) is 0 Å². The van der Waals surface area contributed by atoms with E-state index in [-0.39, 0.29) is 17.3 Å². The molecule has 9 heavy (non-hydrogen) atoms. The van der Waals surface area contributed by atoms with E-state index in [2.05, 4.69) is 0 Å². The Kier molecular flexibility index (Phi) is 2.70. The van der Waals surface area contributed by atoms with E-state index in [0.717, 1.165) is 11.5 Å². The molecule has 0 atom stereocenters. The average molecular weight is 166 g/mol. The van der Waals surface area contributed by atoms with Crippen LogP contribution < -0.4 is 0 Å². The Bertz CT molecular complexity index is 85.0. The molecule has 0 bridgehead atoms. The van der Waals surface area contributed by atoms with Crippen molar-refractivity contribution < 1.29 is 10.2 Å². The van der Waals surface area contributed by atoms with Crippen LogP contribution in [0, 0.1) is 0 Å². The third-order valence-electron chi connectivity index (χ3n) is 1.30. The van der Waals surface area contributed by atoms with E-state index < -0.39 is 0 Å². The van der Waals surface area contributed by atoms with E-state index >= 15 is 0 Å². The van der Waals surface area contributed by atoms with Gasteiger partial charge in [-0.25, -0.2) is 0 Å². The zero-order valence-electron chi connectivity index (χ0n) is 5.04. The molecule has 1 aliphatic rings. The smallest absolute Gasteiger partial charge is 0.107 e. The van der Waals surface area contributed by atoms with Crippen molar-refractivity contribution in [2.75, 3.05) is 24.7 Å². The summed E-state index contributed by atoms with van der Waals surface area (Å²) in [6, 6.07) is 0. The number of aliphatic hydroxyl groups is 2. The molecule has 0 aromatic rings. The zero-order valence-corrected chi connectivity index (χ0v) is 6.67. The maximum Gasteiger partial charge on any atom is 0.107 e. The second-order valence-electron chi connectivity index (χ2n) is 1.92. The van der Waals surface area contributed by atoms with Crippen LogP contribution in [-0.4, -0.2) is 39.0 Å². The quantitative estimate of drug-likeness (QED) is 0.612. The van der Waals surface area contributed by atoms with Gasteiger partial charge in [-0.15, -0.1) is 23.5 Å². The predicted molar refractivity (Wildman–Crippen MR) is 41.8 cm³/mol. The molecule has 0 aromatic carbocycles. The minimum atomic E-state index is -0.278. The number of rotatable bonds is 2. The summed E-state index contributed by atoms with van der Waals surface area (Å²) in [6.07, 6.45) is 0.